The summed E-state index contributed by atoms with van der Waals surface area (Å²) in [5, 5.41) is 1.34. The van der Waals surface area contributed by atoms with Crippen molar-refractivity contribution in [3.63, 3.8) is 0 Å². The standard InChI is InChI=1S/C21H33N/c1-3-4-5-6-7-8-9-10-11-14-18(2)21-17-19-15-12-13-16-20(19)22-21/h12-13,15-18,22H,3-11,14H2,1-2H3. The van der Waals surface area contributed by atoms with Crippen LogP contribution in [0.1, 0.15) is 89.7 Å². The molecule has 2 rings (SSSR count). The number of aromatic nitrogens is 1. The van der Waals surface area contributed by atoms with Crippen LogP contribution in [0.2, 0.25) is 0 Å². The van der Waals surface area contributed by atoms with Crippen LogP contribution < -0.4 is 0 Å². The van der Waals surface area contributed by atoms with E-state index in [1.807, 2.05) is 0 Å². The second-order valence-corrected chi connectivity index (χ2v) is 6.83. The van der Waals surface area contributed by atoms with Gasteiger partial charge in [0.05, 0.1) is 0 Å². The fourth-order valence-electron chi connectivity index (χ4n) is 3.28. The van der Waals surface area contributed by atoms with Gasteiger partial charge in [-0.15, -0.1) is 0 Å². The Hall–Kier alpha value is -1.24. The highest BCUT2D eigenvalue weighted by atomic mass is 14.7. The zero-order valence-corrected chi connectivity index (χ0v) is 14.5. The van der Waals surface area contributed by atoms with Crippen LogP contribution in [0.5, 0.6) is 0 Å². The lowest BCUT2D eigenvalue weighted by molar-refractivity contribution is 0.536. The summed E-state index contributed by atoms with van der Waals surface area (Å²) in [6, 6.07) is 10.9. The first kappa shape index (κ1) is 17.1. The lowest BCUT2D eigenvalue weighted by Crippen LogP contribution is -1.94. The molecule has 22 heavy (non-hydrogen) atoms. The Balaban J connectivity index is 1.58. The number of hydrogen-bond acceptors (Lipinski definition) is 0. The van der Waals surface area contributed by atoms with E-state index in [2.05, 4.69) is 49.2 Å². The lowest BCUT2D eigenvalue weighted by atomic mass is 9.98. The van der Waals surface area contributed by atoms with Gasteiger partial charge in [0.1, 0.15) is 0 Å². The number of para-hydroxylation sites is 1. The monoisotopic (exact) mass is 299 g/mol. The number of fused-ring (bicyclic) bond motifs is 1. The fourth-order valence-corrected chi connectivity index (χ4v) is 3.28. The summed E-state index contributed by atoms with van der Waals surface area (Å²) in [4.78, 5) is 3.58. The van der Waals surface area contributed by atoms with Crippen molar-refractivity contribution < 1.29 is 0 Å². The third kappa shape index (κ3) is 5.51. The third-order valence-corrected chi connectivity index (χ3v) is 4.82. The number of H-pyrrole nitrogens is 1. The molecule has 1 aromatic heterocycles. The summed E-state index contributed by atoms with van der Waals surface area (Å²) in [6.07, 6.45) is 14.0. The first-order chi connectivity index (χ1) is 10.8. The van der Waals surface area contributed by atoms with Crippen LogP contribution in [0, 0.1) is 0 Å². The summed E-state index contributed by atoms with van der Waals surface area (Å²) >= 11 is 0. The van der Waals surface area contributed by atoms with Crippen LogP contribution in [0.25, 0.3) is 10.9 Å². The molecule has 2 aromatic rings. The molecule has 0 amide bonds. The average Bonchev–Trinajstić information content (AvgIpc) is 2.97. The molecule has 0 aliphatic heterocycles. The van der Waals surface area contributed by atoms with Crippen LogP contribution in [0.15, 0.2) is 30.3 Å². The Morgan fingerprint density at radius 3 is 2.18 bits per heavy atom. The molecule has 122 valence electrons. The Labute approximate surface area is 136 Å². The van der Waals surface area contributed by atoms with Crippen LogP contribution >= 0.6 is 0 Å². The van der Waals surface area contributed by atoms with Crippen molar-refractivity contribution in [1.82, 2.24) is 4.98 Å². The van der Waals surface area contributed by atoms with E-state index in [1.165, 1.54) is 80.8 Å². The number of unbranched alkanes of at least 4 members (excludes halogenated alkanes) is 8. The highest BCUT2D eigenvalue weighted by Crippen LogP contribution is 2.25. The zero-order chi connectivity index (χ0) is 15.6. The van der Waals surface area contributed by atoms with Crippen molar-refractivity contribution in [2.75, 3.05) is 0 Å². The summed E-state index contributed by atoms with van der Waals surface area (Å²) < 4.78 is 0. The number of nitrogens with one attached hydrogen (secondary N) is 1. The molecule has 0 aliphatic rings. The van der Waals surface area contributed by atoms with Gasteiger partial charge < -0.3 is 4.98 Å². The molecule has 1 aromatic carbocycles. The number of benzene rings is 1. The van der Waals surface area contributed by atoms with Gasteiger partial charge in [0, 0.05) is 11.2 Å². The van der Waals surface area contributed by atoms with Gasteiger partial charge in [-0.25, -0.2) is 0 Å². The molecule has 0 spiro atoms. The first-order valence-corrected chi connectivity index (χ1v) is 9.39. The molecule has 1 heteroatoms. The minimum Gasteiger partial charge on any atom is -0.358 e. The van der Waals surface area contributed by atoms with Crippen molar-refractivity contribution >= 4 is 10.9 Å². The Morgan fingerprint density at radius 2 is 1.50 bits per heavy atom. The molecule has 1 atom stereocenters. The quantitative estimate of drug-likeness (QED) is 0.422. The van der Waals surface area contributed by atoms with Crippen molar-refractivity contribution in [2.24, 2.45) is 0 Å². The molecular formula is C21H33N. The second kappa shape index (κ2) is 9.71. The highest BCUT2D eigenvalue weighted by Gasteiger charge is 2.08. The molecule has 0 radical (unpaired) electrons. The van der Waals surface area contributed by atoms with Crippen molar-refractivity contribution in [3.8, 4) is 0 Å². The predicted molar refractivity (Wildman–Crippen MR) is 98.6 cm³/mol. The van der Waals surface area contributed by atoms with Crippen LogP contribution in [-0.4, -0.2) is 4.98 Å². The van der Waals surface area contributed by atoms with Gasteiger partial charge >= 0.3 is 0 Å². The Morgan fingerprint density at radius 1 is 0.864 bits per heavy atom. The summed E-state index contributed by atoms with van der Waals surface area (Å²) in [7, 11) is 0. The summed E-state index contributed by atoms with van der Waals surface area (Å²) in [5.74, 6) is 0.650. The lowest BCUT2D eigenvalue weighted by Gasteiger charge is -2.09. The van der Waals surface area contributed by atoms with Gasteiger partial charge in [-0.2, -0.15) is 0 Å². The van der Waals surface area contributed by atoms with E-state index in [4.69, 9.17) is 0 Å². The Bertz CT molecular complexity index is 492. The molecular weight excluding hydrogens is 266 g/mol. The minimum absolute atomic E-state index is 0.650. The molecule has 0 fully saturated rings. The van der Waals surface area contributed by atoms with Gasteiger partial charge in [0.25, 0.3) is 0 Å². The van der Waals surface area contributed by atoms with Crippen molar-refractivity contribution in [3.05, 3.63) is 36.0 Å². The topological polar surface area (TPSA) is 15.8 Å². The molecule has 0 saturated heterocycles. The maximum Gasteiger partial charge on any atom is 0.0456 e. The molecule has 0 aliphatic carbocycles. The number of hydrogen-bond donors (Lipinski definition) is 1. The third-order valence-electron chi connectivity index (χ3n) is 4.82. The van der Waals surface area contributed by atoms with E-state index < -0.39 is 0 Å². The van der Waals surface area contributed by atoms with Gasteiger partial charge in [0.15, 0.2) is 0 Å². The highest BCUT2D eigenvalue weighted by molar-refractivity contribution is 5.80. The van der Waals surface area contributed by atoms with E-state index in [-0.39, 0.29) is 0 Å². The largest absolute Gasteiger partial charge is 0.358 e. The van der Waals surface area contributed by atoms with E-state index in [9.17, 15) is 0 Å². The van der Waals surface area contributed by atoms with Gasteiger partial charge in [-0.1, -0.05) is 89.8 Å². The Kier molecular flexibility index (Phi) is 7.56. The molecule has 1 unspecified atom stereocenters. The van der Waals surface area contributed by atoms with Crippen molar-refractivity contribution in [2.45, 2.75) is 84.0 Å². The molecule has 0 bridgehead atoms. The average molecular weight is 300 g/mol. The van der Waals surface area contributed by atoms with Gasteiger partial charge in [-0.3, -0.25) is 0 Å². The summed E-state index contributed by atoms with van der Waals surface area (Å²) in [5.41, 5.74) is 2.68. The first-order valence-electron chi connectivity index (χ1n) is 9.39. The maximum atomic E-state index is 3.58. The van der Waals surface area contributed by atoms with E-state index >= 15 is 0 Å². The van der Waals surface area contributed by atoms with E-state index in [0.29, 0.717) is 5.92 Å². The SMILES string of the molecule is CCCCCCCCCCCC(C)c1cc2ccccc2[nH]1. The minimum atomic E-state index is 0.650. The zero-order valence-electron chi connectivity index (χ0n) is 14.5. The van der Waals surface area contributed by atoms with Crippen LogP contribution in [0.3, 0.4) is 0 Å². The second-order valence-electron chi connectivity index (χ2n) is 6.83. The number of aromatic amines is 1. The normalized spacial score (nSPS) is 12.8. The van der Waals surface area contributed by atoms with Gasteiger partial charge in [0.2, 0.25) is 0 Å². The predicted octanol–water partition coefficient (Wildman–Crippen LogP) is 7.19. The van der Waals surface area contributed by atoms with E-state index in [0.717, 1.165) is 0 Å². The number of rotatable bonds is 11. The fraction of sp³-hybridized carbons (Fsp3) is 0.619. The van der Waals surface area contributed by atoms with Crippen LogP contribution in [-0.2, 0) is 0 Å². The van der Waals surface area contributed by atoms with Gasteiger partial charge in [-0.05, 0) is 29.9 Å². The smallest absolute Gasteiger partial charge is 0.0456 e. The van der Waals surface area contributed by atoms with Crippen LogP contribution in [0.4, 0.5) is 0 Å². The molecule has 1 heterocycles. The maximum absolute atomic E-state index is 3.58. The van der Waals surface area contributed by atoms with Crippen molar-refractivity contribution in [1.29, 1.82) is 0 Å². The molecule has 1 N–H and O–H groups in total. The summed E-state index contributed by atoms with van der Waals surface area (Å²) in [6.45, 7) is 4.64. The molecule has 1 nitrogen and oxygen atoms in total. The molecule has 0 saturated carbocycles. The van der Waals surface area contributed by atoms with E-state index in [1.54, 1.807) is 0 Å².